The SMILES string of the molecule is Nc1noc2cc(NC(=O)C(O)[C@H]3OCCN(c4cc(C(F)(F)F)ccc4F)C3=O)ccc12. The van der Waals surface area contributed by atoms with Gasteiger partial charge in [-0.25, -0.2) is 4.39 Å². The van der Waals surface area contributed by atoms with Crippen molar-refractivity contribution in [3.8, 4) is 0 Å². The molecule has 0 bridgehead atoms. The van der Waals surface area contributed by atoms with Gasteiger partial charge in [-0.1, -0.05) is 5.16 Å². The number of hydrogen-bond donors (Lipinski definition) is 3. The van der Waals surface area contributed by atoms with Crippen molar-refractivity contribution >= 4 is 40.0 Å². The molecule has 0 radical (unpaired) electrons. The second kappa shape index (κ2) is 8.33. The lowest BCUT2D eigenvalue weighted by atomic mass is 10.1. The summed E-state index contributed by atoms with van der Waals surface area (Å²) in [5, 5.41) is 16.8. The standard InChI is InChI=1S/C20H16F4N4O5/c21-12-4-1-9(20(22,23)24)7-13(12)28-5-6-32-16(19(28)31)15(29)18(30)26-10-2-3-11-14(8-10)33-27-17(11)25/h1-4,7-8,15-16,29H,5-6H2,(H2,25,27)(H,26,30)/t15?,16-/m1/s1. The van der Waals surface area contributed by atoms with Crippen LogP contribution in [0.15, 0.2) is 40.9 Å². The van der Waals surface area contributed by atoms with E-state index in [2.05, 4.69) is 10.5 Å². The number of nitrogens with two attached hydrogens (primary N) is 1. The number of ether oxygens (including phenoxy) is 1. The van der Waals surface area contributed by atoms with Crippen molar-refractivity contribution in [1.29, 1.82) is 0 Å². The zero-order valence-electron chi connectivity index (χ0n) is 16.6. The molecule has 2 heterocycles. The second-order valence-electron chi connectivity index (χ2n) is 7.16. The van der Waals surface area contributed by atoms with Crippen LogP contribution in [-0.2, 0) is 20.5 Å². The smallest absolute Gasteiger partial charge is 0.380 e. The summed E-state index contributed by atoms with van der Waals surface area (Å²) in [7, 11) is 0. The predicted octanol–water partition coefficient (Wildman–Crippen LogP) is 2.30. The first-order chi connectivity index (χ1) is 15.6. The molecule has 1 aliphatic heterocycles. The van der Waals surface area contributed by atoms with Gasteiger partial charge in [0, 0.05) is 18.3 Å². The Morgan fingerprint density at radius 2 is 2.03 bits per heavy atom. The summed E-state index contributed by atoms with van der Waals surface area (Å²) < 4.78 is 63.5. The molecule has 2 aromatic carbocycles. The number of alkyl halides is 3. The first-order valence-corrected chi connectivity index (χ1v) is 9.50. The summed E-state index contributed by atoms with van der Waals surface area (Å²) in [6, 6.07) is 5.98. The molecule has 13 heteroatoms. The third-order valence-corrected chi connectivity index (χ3v) is 5.01. The molecule has 1 aliphatic rings. The fourth-order valence-electron chi connectivity index (χ4n) is 3.36. The zero-order valence-corrected chi connectivity index (χ0v) is 16.6. The number of anilines is 3. The minimum absolute atomic E-state index is 0.144. The number of hydrogen-bond acceptors (Lipinski definition) is 7. The van der Waals surface area contributed by atoms with Crippen LogP contribution < -0.4 is 16.0 Å². The molecular weight excluding hydrogens is 452 g/mol. The summed E-state index contributed by atoms with van der Waals surface area (Å²) in [6.45, 7) is -0.523. The van der Waals surface area contributed by atoms with E-state index >= 15 is 0 Å². The van der Waals surface area contributed by atoms with E-state index < -0.39 is 47.3 Å². The molecule has 1 aromatic heterocycles. The Bertz CT molecular complexity index is 1230. The molecule has 2 amide bonds. The van der Waals surface area contributed by atoms with Crippen LogP contribution in [0.4, 0.5) is 34.8 Å². The van der Waals surface area contributed by atoms with Crippen molar-refractivity contribution < 1.29 is 41.5 Å². The summed E-state index contributed by atoms with van der Waals surface area (Å²) in [5.74, 6) is -3.03. The molecule has 1 unspecified atom stereocenters. The van der Waals surface area contributed by atoms with E-state index in [-0.39, 0.29) is 30.2 Å². The number of nitrogen functional groups attached to an aromatic ring is 1. The van der Waals surface area contributed by atoms with E-state index in [4.69, 9.17) is 15.0 Å². The highest BCUT2D eigenvalue weighted by Crippen LogP contribution is 2.34. The topological polar surface area (TPSA) is 131 Å². The Kier molecular flexibility index (Phi) is 5.68. The molecule has 33 heavy (non-hydrogen) atoms. The fourth-order valence-corrected chi connectivity index (χ4v) is 3.36. The maximum absolute atomic E-state index is 14.3. The van der Waals surface area contributed by atoms with Crippen LogP contribution in [0, 0.1) is 5.82 Å². The molecule has 2 atom stereocenters. The Balaban J connectivity index is 1.52. The van der Waals surface area contributed by atoms with E-state index in [1.165, 1.54) is 18.2 Å². The second-order valence-corrected chi connectivity index (χ2v) is 7.16. The van der Waals surface area contributed by atoms with Gasteiger partial charge in [-0.3, -0.25) is 9.59 Å². The zero-order chi connectivity index (χ0) is 23.9. The number of aliphatic hydroxyl groups is 1. The molecule has 0 saturated carbocycles. The van der Waals surface area contributed by atoms with Crippen molar-refractivity contribution in [3.63, 3.8) is 0 Å². The first kappa shape index (κ1) is 22.5. The van der Waals surface area contributed by atoms with Crippen molar-refractivity contribution in [1.82, 2.24) is 5.16 Å². The number of carbonyl (C=O) groups is 2. The maximum atomic E-state index is 14.3. The molecule has 174 valence electrons. The molecule has 1 fully saturated rings. The van der Waals surface area contributed by atoms with E-state index in [1.807, 2.05) is 0 Å². The van der Waals surface area contributed by atoms with Crippen molar-refractivity contribution in [2.45, 2.75) is 18.4 Å². The lowest BCUT2D eigenvalue weighted by Gasteiger charge is -2.34. The van der Waals surface area contributed by atoms with Crippen LogP contribution >= 0.6 is 0 Å². The maximum Gasteiger partial charge on any atom is 0.416 e. The van der Waals surface area contributed by atoms with Gasteiger partial charge < -0.3 is 30.3 Å². The average Bonchev–Trinajstić information content (AvgIpc) is 3.13. The summed E-state index contributed by atoms with van der Waals surface area (Å²) in [4.78, 5) is 26.0. The first-order valence-electron chi connectivity index (χ1n) is 9.50. The molecular formula is C20H16F4N4O5. The lowest BCUT2D eigenvalue weighted by molar-refractivity contribution is -0.150. The Morgan fingerprint density at radius 1 is 1.27 bits per heavy atom. The number of carbonyl (C=O) groups excluding carboxylic acids is 2. The van der Waals surface area contributed by atoms with E-state index in [1.54, 1.807) is 0 Å². The highest BCUT2D eigenvalue weighted by molar-refractivity contribution is 6.04. The third kappa shape index (κ3) is 4.32. The van der Waals surface area contributed by atoms with Crippen LogP contribution in [0.2, 0.25) is 0 Å². The predicted molar refractivity (Wildman–Crippen MR) is 107 cm³/mol. The highest BCUT2D eigenvalue weighted by Gasteiger charge is 2.41. The number of nitrogens with one attached hydrogen (secondary N) is 1. The number of fused-ring (bicyclic) bond motifs is 1. The Labute approximate surface area is 182 Å². The lowest BCUT2D eigenvalue weighted by Crippen LogP contribution is -2.55. The average molecular weight is 468 g/mol. The molecule has 4 rings (SSSR count). The molecule has 9 nitrogen and oxygen atoms in total. The summed E-state index contributed by atoms with van der Waals surface area (Å²) in [5.41, 5.74) is 4.27. The fraction of sp³-hybridized carbons (Fsp3) is 0.250. The van der Waals surface area contributed by atoms with Crippen molar-refractivity contribution in [3.05, 3.63) is 47.8 Å². The number of benzene rings is 2. The van der Waals surface area contributed by atoms with Crippen LogP contribution in [0.25, 0.3) is 11.0 Å². The van der Waals surface area contributed by atoms with Gasteiger partial charge in [0.15, 0.2) is 23.6 Å². The molecule has 4 N–H and O–H groups in total. The normalized spacial score (nSPS) is 17.9. The largest absolute Gasteiger partial charge is 0.416 e. The van der Waals surface area contributed by atoms with Gasteiger partial charge in [-0.2, -0.15) is 13.2 Å². The number of aromatic nitrogens is 1. The van der Waals surface area contributed by atoms with Crippen LogP contribution in [0.3, 0.4) is 0 Å². The van der Waals surface area contributed by atoms with Crippen LogP contribution in [-0.4, -0.2) is 47.4 Å². The van der Waals surface area contributed by atoms with Gasteiger partial charge in [0.1, 0.15) is 5.82 Å². The van der Waals surface area contributed by atoms with Gasteiger partial charge in [0.05, 0.1) is 23.2 Å². The molecule has 0 spiro atoms. The van der Waals surface area contributed by atoms with E-state index in [9.17, 15) is 32.3 Å². The van der Waals surface area contributed by atoms with Crippen LogP contribution in [0.1, 0.15) is 5.56 Å². The number of halogens is 4. The van der Waals surface area contributed by atoms with Gasteiger partial charge in [-0.05, 0) is 30.3 Å². The van der Waals surface area contributed by atoms with Crippen molar-refractivity contribution in [2.24, 2.45) is 0 Å². The number of amides is 2. The monoisotopic (exact) mass is 468 g/mol. The molecule has 1 saturated heterocycles. The number of morpholine rings is 1. The molecule has 0 aliphatic carbocycles. The Morgan fingerprint density at radius 3 is 2.76 bits per heavy atom. The van der Waals surface area contributed by atoms with Gasteiger partial charge >= 0.3 is 6.18 Å². The third-order valence-electron chi connectivity index (χ3n) is 5.01. The highest BCUT2D eigenvalue weighted by atomic mass is 19.4. The summed E-state index contributed by atoms with van der Waals surface area (Å²) >= 11 is 0. The van der Waals surface area contributed by atoms with Gasteiger partial charge in [-0.15, -0.1) is 0 Å². The van der Waals surface area contributed by atoms with Gasteiger partial charge in [0.25, 0.3) is 11.8 Å². The number of nitrogens with zero attached hydrogens (tertiary/aromatic N) is 2. The summed E-state index contributed by atoms with van der Waals surface area (Å²) in [6.07, 6.45) is -8.56. The van der Waals surface area contributed by atoms with Crippen LogP contribution in [0.5, 0.6) is 0 Å². The molecule has 3 aromatic rings. The number of rotatable bonds is 4. The van der Waals surface area contributed by atoms with E-state index in [0.717, 1.165) is 0 Å². The minimum Gasteiger partial charge on any atom is -0.380 e. The van der Waals surface area contributed by atoms with Crippen molar-refractivity contribution in [2.75, 3.05) is 29.1 Å². The minimum atomic E-state index is -4.76. The van der Waals surface area contributed by atoms with E-state index in [0.29, 0.717) is 28.5 Å². The quantitative estimate of drug-likeness (QED) is 0.501. The van der Waals surface area contributed by atoms with Gasteiger partial charge in [0.2, 0.25) is 0 Å². The number of aliphatic hydroxyl groups excluding tert-OH is 1. The Hall–Kier alpha value is -3.71.